The SMILES string of the molecule is CC(=O)N1CCN(C[C@@H](c2ccc(Cl)cc2)C(O)N2CCN(C3=NI=NC4=C3[C@H](C)CC4F)CC2)CC1. The molecule has 1 aromatic carbocycles. The summed E-state index contributed by atoms with van der Waals surface area (Å²) in [5.74, 6) is 1.08. The van der Waals surface area contributed by atoms with Gasteiger partial charge in [0.15, 0.2) is 0 Å². The number of halogens is 3. The maximum absolute atomic E-state index is 14.5. The second-order valence-electron chi connectivity index (χ2n) is 10.4. The van der Waals surface area contributed by atoms with Crippen molar-refractivity contribution in [3.63, 3.8) is 0 Å². The molecule has 0 bridgehead atoms. The normalized spacial score (nSPS) is 27.0. The average Bonchev–Trinajstić information content (AvgIpc) is 3.21. The van der Waals surface area contributed by atoms with E-state index in [1.165, 1.54) is 0 Å². The van der Waals surface area contributed by atoms with Gasteiger partial charge in [-0.1, -0.05) is 30.7 Å². The van der Waals surface area contributed by atoms with E-state index in [2.05, 4.69) is 24.8 Å². The zero-order chi connectivity index (χ0) is 26.1. The quantitative estimate of drug-likeness (QED) is 0.496. The van der Waals surface area contributed by atoms with Gasteiger partial charge in [-0.25, -0.2) is 7.54 Å². The summed E-state index contributed by atoms with van der Waals surface area (Å²) in [6, 6.07) is 7.77. The largest absolute Gasteiger partial charge is 0.378 e. The number of rotatable bonds is 5. The summed E-state index contributed by atoms with van der Waals surface area (Å²) in [6.45, 7) is 10.3. The van der Waals surface area contributed by atoms with Crippen molar-refractivity contribution in [2.75, 3.05) is 58.9 Å². The van der Waals surface area contributed by atoms with Gasteiger partial charge in [0, 0.05) is 82.3 Å². The Bertz CT molecular complexity index is 1080. The molecule has 8 nitrogen and oxygen atoms in total. The van der Waals surface area contributed by atoms with Gasteiger partial charge >= 0.3 is 0 Å². The maximum Gasteiger partial charge on any atom is 0.219 e. The molecule has 1 aliphatic carbocycles. The van der Waals surface area contributed by atoms with Gasteiger partial charge in [0.05, 0.1) is 5.70 Å². The highest BCUT2D eigenvalue weighted by atomic mass is 127. The van der Waals surface area contributed by atoms with Crippen molar-refractivity contribution in [3.05, 3.63) is 46.1 Å². The number of benzene rings is 1. The Balaban J connectivity index is 1.26. The van der Waals surface area contributed by atoms with E-state index >= 15 is 0 Å². The number of hydrogen-bond donors (Lipinski definition) is 1. The van der Waals surface area contributed by atoms with E-state index in [0.717, 1.165) is 43.2 Å². The standard InChI is InChI=1S/C26H35ClFIN6O2/c1-17-15-22(28)24-23(17)25(31-29-30-24)34-11-13-35(14-12-34)26(37)21(19-3-5-20(27)6-4-19)16-32-7-9-33(10-8-32)18(2)36/h3-6,17,21-22,26,37H,7-16H2,1-2H3/t17-,21+,22?,26?/m1/s1. The number of carbonyl (C=O) groups excluding carboxylic acids is 1. The van der Waals surface area contributed by atoms with Crippen molar-refractivity contribution < 1.29 is 14.3 Å². The first kappa shape index (κ1) is 27.1. The van der Waals surface area contributed by atoms with Gasteiger partial charge < -0.3 is 14.9 Å². The summed E-state index contributed by atoms with van der Waals surface area (Å²) in [6.07, 6.45) is -1.12. The number of allylic oxidation sites excluding steroid dienone is 1. The number of hydrogen-bond acceptors (Lipinski definition) is 7. The minimum Gasteiger partial charge on any atom is -0.378 e. The van der Waals surface area contributed by atoms with Crippen LogP contribution >= 0.6 is 32.9 Å². The molecular formula is C26H35ClFIN6O2. The Labute approximate surface area is 233 Å². The third-order valence-corrected chi connectivity index (χ3v) is 9.69. The van der Waals surface area contributed by atoms with E-state index in [1.54, 1.807) is 6.92 Å². The van der Waals surface area contributed by atoms with Crippen molar-refractivity contribution in [3.8, 4) is 0 Å². The molecule has 5 rings (SSSR count). The second kappa shape index (κ2) is 11.7. The third kappa shape index (κ3) is 5.93. The molecule has 4 atom stereocenters. The topological polar surface area (TPSA) is 75.0 Å². The van der Waals surface area contributed by atoms with Crippen LogP contribution in [0.25, 0.3) is 0 Å². The van der Waals surface area contributed by atoms with Crippen LogP contribution in [0.5, 0.6) is 0 Å². The number of aliphatic hydroxyl groups excluding tert-OH is 1. The molecule has 1 N–H and O–H groups in total. The first-order valence-corrected chi connectivity index (χ1v) is 15.3. The summed E-state index contributed by atoms with van der Waals surface area (Å²) in [5, 5.41) is 12.3. The van der Waals surface area contributed by atoms with Crippen molar-refractivity contribution in [2.45, 2.75) is 38.6 Å². The van der Waals surface area contributed by atoms with Gasteiger partial charge in [-0.05, 0) is 30.0 Å². The van der Waals surface area contributed by atoms with Crippen LogP contribution in [0.15, 0.2) is 41.9 Å². The smallest absolute Gasteiger partial charge is 0.219 e. The molecule has 2 unspecified atom stereocenters. The summed E-state index contributed by atoms with van der Waals surface area (Å²) >= 11 is 5.41. The van der Waals surface area contributed by atoms with Crippen LogP contribution in [0.1, 0.15) is 31.7 Å². The molecule has 2 fully saturated rings. The van der Waals surface area contributed by atoms with E-state index in [4.69, 9.17) is 14.8 Å². The summed E-state index contributed by atoms with van der Waals surface area (Å²) in [5.41, 5.74) is 2.69. The Morgan fingerprint density at radius 3 is 2.46 bits per heavy atom. The van der Waals surface area contributed by atoms with Crippen LogP contribution in [0.4, 0.5) is 4.39 Å². The van der Waals surface area contributed by atoms with Crippen LogP contribution in [0.2, 0.25) is 5.02 Å². The first-order chi connectivity index (χ1) is 17.8. The fourth-order valence-electron chi connectivity index (χ4n) is 5.82. The molecule has 11 heteroatoms. The lowest BCUT2D eigenvalue weighted by Gasteiger charge is -2.43. The molecule has 37 heavy (non-hydrogen) atoms. The Kier molecular flexibility index (Phi) is 8.59. The van der Waals surface area contributed by atoms with Gasteiger partial charge in [-0.3, -0.25) is 14.6 Å². The number of piperazine rings is 2. The predicted octanol–water partition coefficient (Wildman–Crippen LogP) is 3.64. The highest BCUT2D eigenvalue weighted by molar-refractivity contribution is 14.1. The third-order valence-electron chi connectivity index (χ3n) is 8.03. The lowest BCUT2D eigenvalue weighted by atomic mass is 9.95. The van der Waals surface area contributed by atoms with Crippen LogP contribution in [0.3, 0.4) is 0 Å². The van der Waals surface area contributed by atoms with Gasteiger partial charge in [0.1, 0.15) is 39.5 Å². The van der Waals surface area contributed by atoms with Crippen LogP contribution in [-0.2, 0) is 4.79 Å². The lowest BCUT2D eigenvalue weighted by Crippen LogP contribution is -2.55. The van der Waals surface area contributed by atoms with Gasteiger partial charge in [0.25, 0.3) is 0 Å². The molecule has 0 radical (unpaired) electrons. The van der Waals surface area contributed by atoms with E-state index in [1.807, 2.05) is 29.2 Å². The monoisotopic (exact) mass is 644 g/mol. The van der Waals surface area contributed by atoms with Gasteiger partial charge in [-0.15, -0.1) is 0 Å². The van der Waals surface area contributed by atoms with E-state index < -0.39 is 33.7 Å². The molecule has 0 spiro atoms. The first-order valence-electron chi connectivity index (χ1n) is 13.0. The van der Waals surface area contributed by atoms with Crippen LogP contribution < -0.4 is 0 Å². The number of carbonyl (C=O) groups is 1. The molecule has 1 amide bonds. The molecule has 202 valence electrons. The van der Waals surface area contributed by atoms with Crippen molar-refractivity contribution in [1.29, 1.82) is 0 Å². The van der Waals surface area contributed by atoms with E-state index in [0.29, 0.717) is 49.9 Å². The second-order valence-corrected chi connectivity index (χ2v) is 12.2. The summed E-state index contributed by atoms with van der Waals surface area (Å²) in [7, 11) is 0. The predicted molar refractivity (Wildman–Crippen MR) is 152 cm³/mol. The molecule has 0 aromatic heterocycles. The molecule has 4 aliphatic rings. The van der Waals surface area contributed by atoms with Crippen LogP contribution in [-0.4, -0.2) is 108 Å². The molecule has 2 saturated heterocycles. The molecule has 3 heterocycles. The van der Waals surface area contributed by atoms with Gasteiger partial charge in [0.2, 0.25) is 5.91 Å². The molecule has 0 saturated carbocycles. The maximum atomic E-state index is 14.5. The van der Waals surface area contributed by atoms with Crippen molar-refractivity contribution in [1.82, 2.24) is 19.6 Å². The van der Waals surface area contributed by atoms with E-state index in [9.17, 15) is 14.3 Å². The molecular weight excluding hydrogens is 610 g/mol. The number of aliphatic hydroxyl groups is 1. The molecule has 1 aromatic rings. The Morgan fingerprint density at radius 2 is 1.81 bits per heavy atom. The zero-order valence-electron chi connectivity index (χ0n) is 21.4. The minimum absolute atomic E-state index is 0.110. The summed E-state index contributed by atoms with van der Waals surface area (Å²) in [4.78, 5) is 20.4. The average molecular weight is 645 g/mol. The summed E-state index contributed by atoms with van der Waals surface area (Å²) < 4.78 is 23.7. The fourth-order valence-corrected chi connectivity index (χ4v) is 7.62. The number of alkyl halides is 1. The fraction of sp³-hybridized carbons (Fsp3) is 0.615. The highest BCUT2D eigenvalue weighted by Gasteiger charge is 2.39. The Morgan fingerprint density at radius 1 is 1.14 bits per heavy atom. The van der Waals surface area contributed by atoms with Crippen molar-refractivity contribution >= 4 is 44.7 Å². The molecule has 3 aliphatic heterocycles. The highest BCUT2D eigenvalue weighted by Crippen LogP contribution is 2.41. The number of amidine groups is 1. The van der Waals surface area contributed by atoms with E-state index in [-0.39, 0.29) is 17.7 Å². The van der Waals surface area contributed by atoms with Gasteiger partial charge in [-0.2, -0.15) is 3.21 Å². The number of amides is 1. The Hall–Kier alpha value is -1.47. The zero-order valence-corrected chi connectivity index (χ0v) is 24.3. The lowest BCUT2D eigenvalue weighted by molar-refractivity contribution is -0.130. The minimum atomic E-state index is -0.962. The van der Waals surface area contributed by atoms with Crippen molar-refractivity contribution in [2.24, 2.45) is 12.3 Å². The van der Waals surface area contributed by atoms with Crippen LogP contribution in [0, 0.1) is 5.92 Å². The number of nitrogens with zero attached hydrogens (tertiary/aromatic N) is 6.